The lowest BCUT2D eigenvalue weighted by Gasteiger charge is -2.20. The third-order valence-corrected chi connectivity index (χ3v) is 2.88. The molecule has 0 saturated heterocycles. The second-order valence-corrected chi connectivity index (χ2v) is 5.79. The van der Waals surface area contributed by atoms with E-state index in [-0.39, 0.29) is 5.54 Å². The second kappa shape index (κ2) is 7.37. The molecule has 1 heterocycles. The number of hydrogen-bond acceptors (Lipinski definition) is 2. The molecule has 0 unspecified atom stereocenters. The van der Waals surface area contributed by atoms with Crippen molar-refractivity contribution in [1.82, 2.24) is 15.1 Å². The highest BCUT2D eigenvalue weighted by molar-refractivity contribution is 5.00. The van der Waals surface area contributed by atoms with Crippen molar-refractivity contribution in [2.24, 2.45) is 0 Å². The van der Waals surface area contributed by atoms with Crippen LogP contribution in [0.4, 0.5) is 0 Å². The van der Waals surface area contributed by atoms with Crippen molar-refractivity contribution in [3.63, 3.8) is 0 Å². The fraction of sp³-hybridized carbons (Fsp3) is 0.667. The molecule has 0 spiro atoms. The number of nitrogens with zero attached hydrogens (tertiary/aromatic N) is 2. The van der Waals surface area contributed by atoms with Gasteiger partial charge in [-0.3, -0.25) is 4.68 Å². The van der Waals surface area contributed by atoms with Crippen LogP contribution in [0.5, 0.6) is 0 Å². The van der Waals surface area contributed by atoms with Crippen molar-refractivity contribution >= 4 is 0 Å². The van der Waals surface area contributed by atoms with Crippen molar-refractivity contribution in [3.8, 4) is 0 Å². The number of hydrogen-bond donors (Lipinski definition) is 1. The van der Waals surface area contributed by atoms with Gasteiger partial charge in [-0.1, -0.05) is 12.5 Å². The summed E-state index contributed by atoms with van der Waals surface area (Å²) in [5, 5.41) is 7.89. The second-order valence-electron chi connectivity index (χ2n) is 5.79. The Bertz CT molecular complexity index is 347. The molecule has 0 atom stereocenters. The lowest BCUT2D eigenvalue weighted by Crippen LogP contribution is -2.35. The first-order valence-electron chi connectivity index (χ1n) is 6.89. The van der Waals surface area contributed by atoms with Crippen LogP contribution in [0.1, 0.15) is 52.1 Å². The molecule has 18 heavy (non-hydrogen) atoms. The summed E-state index contributed by atoms with van der Waals surface area (Å²) in [5.74, 6) is 0. The highest BCUT2D eigenvalue weighted by Gasteiger charge is 2.10. The van der Waals surface area contributed by atoms with E-state index in [0.717, 1.165) is 19.5 Å². The molecule has 0 fully saturated rings. The maximum absolute atomic E-state index is 4.39. The van der Waals surface area contributed by atoms with Crippen LogP contribution >= 0.6 is 0 Å². The average Bonchev–Trinajstić information content (AvgIpc) is 2.73. The molecule has 0 aliphatic carbocycles. The van der Waals surface area contributed by atoms with Gasteiger partial charge in [-0.05, 0) is 46.1 Å². The van der Waals surface area contributed by atoms with Crippen molar-refractivity contribution < 1.29 is 0 Å². The van der Waals surface area contributed by atoms with Crippen LogP contribution in [-0.2, 0) is 13.1 Å². The molecule has 0 saturated carbocycles. The Balaban J connectivity index is 2.33. The molecule has 0 radical (unpaired) electrons. The highest BCUT2D eigenvalue weighted by atomic mass is 15.3. The molecule has 0 aliphatic rings. The van der Waals surface area contributed by atoms with Gasteiger partial charge in [-0.2, -0.15) is 5.10 Å². The summed E-state index contributed by atoms with van der Waals surface area (Å²) in [6, 6.07) is 2.10. The molecule has 0 bridgehead atoms. The zero-order valence-corrected chi connectivity index (χ0v) is 12.1. The van der Waals surface area contributed by atoms with Gasteiger partial charge in [0, 0.05) is 24.8 Å². The molecule has 1 N–H and O–H groups in total. The minimum atomic E-state index is 0.152. The van der Waals surface area contributed by atoms with Crippen LogP contribution in [0.2, 0.25) is 0 Å². The summed E-state index contributed by atoms with van der Waals surface area (Å²) in [6.07, 6.45) is 8.68. The van der Waals surface area contributed by atoms with E-state index in [1.54, 1.807) is 0 Å². The van der Waals surface area contributed by atoms with Gasteiger partial charge in [0.2, 0.25) is 0 Å². The van der Waals surface area contributed by atoms with E-state index in [4.69, 9.17) is 0 Å². The van der Waals surface area contributed by atoms with Gasteiger partial charge in [-0.15, -0.1) is 6.58 Å². The molecule has 0 aromatic carbocycles. The van der Waals surface area contributed by atoms with Crippen LogP contribution in [-0.4, -0.2) is 15.3 Å². The molecule has 3 heteroatoms. The molecule has 102 valence electrons. The smallest absolute Gasteiger partial charge is 0.0522 e. The Morgan fingerprint density at radius 3 is 2.78 bits per heavy atom. The van der Waals surface area contributed by atoms with E-state index in [0.29, 0.717) is 0 Å². The van der Waals surface area contributed by atoms with Gasteiger partial charge in [0.25, 0.3) is 0 Å². The summed E-state index contributed by atoms with van der Waals surface area (Å²) < 4.78 is 2.12. The summed E-state index contributed by atoms with van der Waals surface area (Å²) >= 11 is 0. The van der Waals surface area contributed by atoms with Crippen molar-refractivity contribution in [1.29, 1.82) is 0 Å². The monoisotopic (exact) mass is 249 g/mol. The number of unbranched alkanes of at least 4 members (excludes halogenated alkanes) is 3. The predicted octanol–water partition coefficient (Wildman–Crippen LogP) is 3.52. The maximum atomic E-state index is 4.39. The van der Waals surface area contributed by atoms with Crippen molar-refractivity contribution in [2.45, 2.75) is 65.1 Å². The Morgan fingerprint density at radius 2 is 2.11 bits per heavy atom. The zero-order valence-electron chi connectivity index (χ0n) is 12.1. The summed E-state index contributed by atoms with van der Waals surface area (Å²) in [7, 11) is 0. The third-order valence-electron chi connectivity index (χ3n) is 2.88. The molecule has 1 aromatic rings. The first-order chi connectivity index (χ1) is 8.53. The summed E-state index contributed by atoms with van der Waals surface area (Å²) in [5.41, 5.74) is 1.42. The fourth-order valence-corrected chi connectivity index (χ4v) is 1.79. The summed E-state index contributed by atoms with van der Waals surface area (Å²) in [6.45, 7) is 12.2. The Labute approximate surface area is 111 Å². The molecule has 0 amide bonds. The predicted molar refractivity (Wildman–Crippen MR) is 77.5 cm³/mol. The highest BCUT2D eigenvalue weighted by Crippen LogP contribution is 2.07. The van der Waals surface area contributed by atoms with Gasteiger partial charge in [0.05, 0.1) is 5.69 Å². The number of aryl methyl sites for hydroxylation is 1. The number of aromatic nitrogens is 2. The number of allylic oxidation sites excluding steroid dienone is 1. The van der Waals surface area contributed by atoms with E-state index in [2.05, 4.69) is 48.5 Å². The molecular formula is C15H27N3. The fourth-order valence-electron chi connectivity index (χ4n) is 1.79. The van der Waals surface area contributed by atoms with E-state index in [1.165, 1.54) is 25.0 Å². The number of rotatable bonds is 8. The molecule has 1 rings (SSSR count). The van der Waals surface area contributed by atoms with Crippen LogP contribution in [0.15, 0.2) is 24.9 Å². The van der Waals surface area contributed by atoms with Crippen molar-refractivity contribution in [3.05, 3.63) is 30.6 Å². The largest absolute Gasteiger partial charge is 0.306 e. The van der Waals surface area contributed by atoms with Crippen LogP contribution in [0.3, 0.4) is 0 Å². The van der Waals surface area contributed by atoms with Crippen molar-refractivity contribution in [2.75, 3.05) is 0 Å². The van der Waals surface area contributed by atoms with Gasteiger partial charge in [0.1, 0.15) is 0 Å². The number of nitrogens with one attached hydrogen (secondary N) is 1. The minimum Gasteiger partial charge on any atom is -0.306 e. The van der Waals surface area contributed by atoms with Gasteiger partial charge in [0.15, 0.2) is 0 Å². The van der Waals surface area contributed by atoms with Crippen LogP contribution in [0.25, 0.3) is 0 Å². The third kappa shape index (κ3) is 6.01. The lowest BCUT2D eigenvalue weighted by atomic mass is 10.1. The first kappa shape index (κ1) is 15.0. The topological polar surface area (TPSA) is 29.9 Å². The van der Waals surface area contributed by atoms with Gasteiger partial charge >= 0.3 is 0 Å². The normalized spacial score (nSPS) is 11.7. The molecule has 3 nitrogen and oxygen atoms in total. The maximum Gasteiger partial charge on any atom is 0.0522 e. The van der Waals surface area contributed by atoms with E-state index in [9.17, 15) is 0 Å². The lowest BCUT2D eigenvalue weighted by molar-refractivity contribution is 0.409. The first-order valence-corrected chi connectivity index (χ1v) is 6.89. The average molecular weight is 249 g/mol. The van der Waals surface area contributed by atoms with E-state index in [1.807, 2.05) is 12.3 Å². The van der Waals surface area contributed by atoms with E-state index >= 15 is 0 Å². The Morgan fingerprint density at radius 1 is 1.33 bits per heavy atom. The quantitative estimate of drug-likeness (QED) is 0.564. The summed E-state index contributed by atoms with van der Waals surface area (Å²) in [4.78, 5) is 0. The Kier molecular flexibility index (Phi) is 6.13. The molecular weight excluding hydrogens is 222 g/mol. The zero-order chi connectivity index (χ0) is 13.4. The van der Waals surface area contributed by atoms with Gasteiger partial charge < -0.3 is 5.32 Å². The van der Waals surface area contributed by atoms with Crippen LogP contribution in [0, 0.1) is 0 Å². The SMILES string of the molecule is C=CCCCCCn1nccc1CNC(C)(C)C. The van der Waals surface area contributed by atoms with E-state index < -0.39 is 0 Å². The Hall–Kier alpha value is -1.09. The molecule has 1 aromatic heterocycles. The van der Waals surface area contributed by atoms with Gasteiger partial charge in [-0.25, -0.2) is 0 Å². The molecule has 0 aliphatic heterocycles. The minimum absolute atomic E-state index is 0.152. The van der Waals surface area contributed by atoms with Crippen LogP contribution < -0.4 is 5.32 Å². The standard InChI is InChI=1S/C15H27N3/c1-5-6-7-8-9-12-18-14(10-11-17-18)13-16-15(2,3)4/h5,10-11,16H,1,6-9,12-13H2,2-4H3.